The molecule has 0 aromatic heterocycles. The fraction of sp³-hybridized carbons (Fsp3) is 0.625. The fourth-order valence-electron chi connectivity index (χ4n) is 2.70. The zero-order chi connectivity index (χ0) is 13.0. The van der Waals surface area contributed by atoms with Crippen LogP contribution in [0.25, 0.3) is 0 Å². The number of benzene rings is 1. The van der Waals surface area contributed by atoms with Crippen molar-refractivity contribution in [3.63, 3.8) is 0 Å². The van der Waals surface area contributed by atoms with E-state index in [4.69, 9.17) is 16.3 Å². The van der Waals surface area contributed by atoms with E-state index in [1.165, 1.54) is 29.5 Å². The number of alkyl halides is 1. The highest BCUT2D eigenvalue weighted by molar-refractivity contribution is 6.21. The molecule has 1 nitrogen and oxygen atoms in total. The first-order valence-electron chi connectivity index (χ1n) is 7.13. The molecular weight excluding hydrogens is 244 g/mol. The van der Waals surface area contributed by atoms with E-state index < -0.39 is 0 Å². The molecule has 0 radical (unpaired) electrons. The van der Waals surface area contributed by atoms with Crippen LogP contribution in [0.2, 0.25) is 0 Å². The van der Waals surface area contributed by atoms with Crippen molar-refractivity contribution < 1.29 is 4.74 Å². The Bertz CT molecular complexity index is 383. The molecule has 2 rings (SSSR count). The Kier molecular flexibility index (Phi) is 5.08. The van der Waals surface area contributed by atoms with E-state index in [-0.39, 0.29) is 11.5 Å². The van der Waals surface area contributed by atoms with Crippen LogP contribution in [0.5, 0.6) is 0 Å². The Morgan fingerprint density at radius 1 is 1.22 bits per heavy atom. The van der Waals surface area contributed by atoms with Crippen LogP contribution in [0.15, 0.2) is 18.2 Å². The summed E-state index contributed by atoms with van der Waals surface area (Å²) < 4.78 is 5.79. The first-order chi connectivity index (χ1) is 8.76. The van der Waals surface area contributed by atoms with E-state index in [2.05, 4.69) is 32.0 Å². The Morgan fingerprint density at radius 3 is 2.61 bits per heavy atom. The second-order valence-electron chi connectivity index (χ2n) is 5.04. The van der Waals surface area contributed by atoms with E-state index in [9.17, 15) is 0 Å². The van der Waals surface area contributed by atoms with E-state index in [1.807, 2.05) is 0 Å². The molecule has 1 saturated heterocycles. The van der Waals surface area contributed by atoms with Gasteiger partial charge in [0.1, 0.15) is 0 Å². The van der Waals surface area contributed by atoms with Gasteiger partial charge in [-0.15, -0.1) is 11.6 Å². The molecule has 1 heterocycles. The van der Waals surface area contributed by atoms with Gasteiger partial charge in [-0.25, -0.2) is 0 Å². The Morgan fingerprint density at radius 2 is 2.00 bits per heavy atom. The molecule has 0 spiro atoms. The molecule has 100 valence electrons. The predicted octanol–water partition coefficient (Wildman–Crippen LogP) is 4.66. The lowest BCUT2D eigenvalue weighted by molar-refractivity contribution is 0.0136. The van der Waals surface area contributed by atoms with Crippen molar-refractivity contribution in [3.05, 3.63) is 34.9 Å². The van der Waals surface area contributed by atoms with Crippen LogP contribution in [-0.2, 0) is 17.6 Å². The number of hydrogen-bond acceptors (Lipinski definition) is 1. The summed E-state index contributed by atoms with van der Waals surface area (Å²) in [7, 11) is 0. The summed E-state index contributed by atoms with van der Waals surface area (Å²) in [5.74, 6) is 0. The lowest BCUT2D eigenvalue weighted by Crippen LogP contribution is -2.23. The maximum absolute atomic E-state index is 6.58. The second kappa shape index (κ2) is 6.58. The molecule has 0 amide bonds. The maximum atomic E-state index is 6.58. The minimum Gasteiger partial charge on any atom is -0.376 e. The highest BCUT2D eigenvalue weighted by atomic mass is 35.5. The molecular formula is C16H23ClO. The summed E-state index contributed by atoms with van der Waals surface area (Å²) >= 11 is 6.58. The van der Waals surface area contributed by atoms with Crippen molar-refractivity contribution in [2.24, 2.45) is 0 Å². The molecule has 1 aliphatic heterocycles. The number of halogens is 1. The number of hydrogen-bond donors (Lipinski definition) is 0. The molecule has 2 unspecified atom stereocenters. The molecule has 0 bridgehead atoms. The number of ether oxygens (including phenoxy) is 1. The third-order valence-electron chi connectivity index (χ3n) is 3.85. The molecule has 1 fully saturated rings. The number of aryl methyl sites for hydroxylation is 2. The summed E-state index contributed by atoms with van der Waals surface area (Å²) in [6.07, 6.45) is 5.86. The van der Waals surface area contributed by atoms with Gasteiger partial charge in [-0.2, -0.15) is 0 Å². The van der Waals surface area contributed by atoms with Crippen molar-refractivity contribution in [1.29, 1.82) is 0 Å². The van der Waals surface area contributed by atoms with E-state index in [0.717, 1.165) is 25.9 Å². The van der Waals surface area contributed by atoms with Gasteiger partial charge in [-0.1, -0.05) is 32.0 Å². The minimum absolute atomic E-state index is 0.00139. The molecule has 18 heavy (non-hydrogen) atoms. The zero-order valence-corrected chi connectivity index (χ0v) is 12.2. The second-order valence-corrected chi connectivity index (χ2v) is 5.51. The van der Waals surface area contributed by atoms with Crippen LogP contribution in [-0.4, -0.2) is 12.7 Å². The van der Waals surface area contributed by atoms with Crippen molar-refractivity contribution in [3.8, 4) is 0 Å². The molecule has 1 aliphatic rings. The Balaban J connectivity index is 2.16. The van der Waals surface area contributed by atoms with E-state index >= 15 is 0 Å². The lowest BCUT2D eigenvalue weighted by Gasteiger charge is -2.27. The third kappa shape index (κ3) is 3.07. The van der Waals surface area contributed by atoms with Gasteiger partial charge < -0.3 is 4.74 Å². The quantitative estimate of drug-likeness (QED) is 0.720. The average molecular weight is 267 g/mol. The molecule has 1 aromatic carbocycles. The van der Waals surface area contributed by atoms with Crippen LogP contribution in [0, 0.1) is 0 Å². The van der Waals surface area contributed by atoms with E-state index in [0.29, 0.717) is 0 Å². The largest absolute Gasteiger partial charge is 0.376 e. The Labute approximate surface area is 115 Å². The van der Waals surface area contributed by atoms with Crippen molar-refractivity contribution in [2.75, 3.05) is 6.61 Å². The van der Waals surface area contributed by atoms with Crippen LogP contribution in [0.3, 0.4) is 0 Å². The smallest absolute Gasteiger partial charge is 0.0847 e. The van der Waals surface area contributed by atoms with Gasteiger partial charge >= 0.3 is 0 Å². The fourth-order valence-corrected chi connectivity index (χ4v) is 3.04. The standard InChI is InChI=1S/C16H23ClO/c1-3-12-8-9-14(11-13(12)4-2)16(17)15-7-5-6-10-18-15/h8-9,11,15-16H,3-7,10H2,1-2H3. The van der Waals surface area contributed by atoms with Crippen LogP contribution < -0.4 is 0 Å². The lowest BCUT2D eigenvalue weighted by atomic mass is 9.95. The van der Waals surface area contributed by atoms with Gasteiger partial charge in [0.25, 0.3) is 0 Å². The van der Waals surface area contributed by atoms with Crippen molar-refractivity contribution >= 4 is 11.6 Å². The monoisotopic (exact) mass is 266 g/mol. The van der Waals surface area contributed by atoms with Gasteiger partial charge in [0.05, 0.1) is 11.5 Å². The molecule has 0 N–H and O–H groups in total. The van der Waals surface area contributed by atoms with Gasteiger partial charge in [0.15, 0.2) is 0 Å². The summed E-state index contributed by atoms with van der Waals surface area (Å²) in [6.45, 7) is 5.27. The van der Waals surface area contributed by atoms with Gasteiger partial charge in [-0.3, -0.25) is 0 Å². The highest BCUT2D eigenvalue weighted by Gasteiger charge is 2.24. The highest BCUT2D eigenvalue weighted by Crippen LogP contribution is 2.32. The van der Waals surface area contributed by atoms with Crippen molar-refractivity contribution in [2.45, 2.75) is 57.4 Å². The zero-order valence-electron chi connectivity index (χ0n) is 11.4. The van der Waals surface area contributed by atoms with Crippen LogP contribution in [0.4, 0.5) is 0 Å². The molecule has 0 saturated carbocycles. The van der Waals surface area contributed by atoms with Gasteiger partial charge in [0, 0.05) is 6.61 Å². The SMILES string of the molecule is CCc1ccc(C(Cl)C2CCCCO2)cc1CC. The maximum Gasteiger partial charge on any atom is 0.0847 e. The van der Waals surface area contributed by atoms with Crippen LogP contribution >= 0.6 is 11.6 Å². The predicted molar refractivity (Wildman–Crippen MR) is 77.4 cm³/mol. The summed E-state index contributed by atoms with van der Waals surface area (Å²) in [5, 5.41) is 0.00139. The first-order valence-corrected chi connectivity index (χ1v) is 7.57. The third-order valence-corrected chi connectivity index (χ3v) is 4.38. The number of rotatable bonds is 4. The van der Waals surface area contributed by atoms with E-state index in [1.54, 1.807) is 0 Å². The molecule has 2 heteroatoms. The molecule has 1 aromatic rings. The van der Waals surface area contributed by atoms with Gasteiger partial charge in [-0.05, 0) is 48.8 Å². The van der Waals surface area contributed by atoms with Crippen LogP contribution in [0.1, 0.15) is 55.2 Å². The van der Waals surface area contributed by atoms with Gasteiger partial charge in [0.2, 0.25) is 0 Å². The first kappa shape index (κ1) is 13.9. The average Bonchev–Trinajstić information content (AvgIpc) is 2.46. The normalized spacial score (nSPS) is 21.8. The summed E-state index contributed by atoms with van der Waals surface area (Å²) in [4.78, 5) is 0. The van der Waals surface area contributed by atoms with Crippen molar-refractivity contribution in [1.82, 2.24) is 0 Å². The summed E-state index contributed by atoms with van der Waals surface area (Å²) in [5.41, 5.74) is 4.09. The molecule has 2 atom stereocenters. The minimum atomic E-state index is 0.00139. The summed E-state index contributed by atoms with van der Waals surface area (Å²) in [6, 6.07) is 6.68. The topological polar surface area (TPSA) is 9.23 Å². The Hall–Kier alpha value is -0.530. The molecule has 0 aliphatic carbocycles.